The minimum Gasteiger partial charge on any atom is -0.540 e. The fourth-order valence-corrected chi connectivity index (χ4v) is 12.8. The first-order valence-electron chi connectivity index (χ1n) is 17.1. The van der Waals surface area contributed by atoms with E-state index in [1.165, 1.54) is 5.57 Å². The Morgan fingerprint density at radius 2 is 1.48 bits per heavy atom. The van der Waals surface area contributed by atoms with E-state index in [2.05, 4.69) is 80.7 Å². The van der Waals surface area contributed by atoms with Crippen molar-refractivity contribution in [1.29, 1.82) is 0 Å². The molecule has 0 bridgehead atoms. The maximum atomic E-state index is 14.6. The quantitative estimate of drug-likeness (QED) is 0.222. The Morgan fingerprint density at radius 3 is 1.93 bits per heavy atom. The van der Waals surface area contributed by atoms with Crippen molar-refractivity contribution in [3.05, 3.63) is 29.5 Å². The summed E-state index contributed by atoms with van der Waals surface area (Å²) in [6.07, 6.45) is 4.47. The van der Waals surface area contributed by atoms with Gasteiger partial charge in [0.1, 0.15) is 11.5 Å². The number of nitrogens with zero attached hydrogens (tertiary/aromatic N) is 1. The van der Waals surface area contributed by atoms with Gasteiger partial charge in [-0.3, -0.25) is 4.79 Å². The molecule has 0 radical (unpaired) electrons. The van der Waals surface area contributed by atoms with E-state index < -0.39 is 28.3 Å². The number of hydrogen-bond donors (Lipinski definition) is 1. The largest absolute Gasteiger partial charge is 0.540 e. The summed E-state index contributed by atoms with van der Waals surface area (Å²) < 4.78 is 25.5. The van der Waals surface area contributed by atoms with Crippen molar-refractivity contribution in [2.75, 3.05) is 13.7 Å². The predicted molar refractivity (Wildman–Crippen MR) is 192 cm³/mol. The zero-order chi connectivity index (χ0) is 35.0. The third-order valence-electron chi connectivity index (χ3n) is 10.1. The number of nitrogens with one attached hydrogen (secondary N) is 1. The van der Waals surface area contributed by atoms with Gasteiger partial charge in [0, 0.05) is 23.9 Å². The molecule has 260 valence electrons. The standard InChI is InChI=1S/C36H62N2O6Si2/c1-23(2)46(24(3)4,25(5)6)44-32-20-30(43-34(40)37-35(7,8)9)29(19-31(32)41-13)33(39)38-21-27(26-16-17-26)18-28(38)22-42-45(14,15)36(10,11)12/h19-21,23-26,28H,16-18,22H2,1-15H3,(H,37,40)/t28-/m0/s1. The highest BCUT2D eigenvalue weighted by atomic mass is 28.4. The summed E-state index contributed by atoms with van der Waals surface area (Å²) in [4.78, 5) is 29.6. The second-order valence-electron chi connectivity index (χ2n) is 16.8. The minimum absolute atomic E-state index is 0.0539. The molecule has 1 saturated carbocycles. The van der Waals surface area contributed by atoms with Gasteiger partial charge in [0.2, 0.25) is 0 Å². The molecular weight excluding hydrogens is 613 g/mol. The molecule has 0 aromatic heterocycles. The highest BCUT2D eigenvalue weighted by molar-refractivity contribution is 6.78. The highest BCUT2D eigenvalue weighted by Gasteiger charge is 2.48. The van der Waals surface area contributed by atoms with Crippen LogP contribution in [-0.4, -0.2) is 58.8 Å². The Bertz CT molecular complexity index is 1270. The van der Waals surface area contributed by atoms with Crippen LogP contribution in [0.3, 0.4) is 0 Å². The second-order valence-corrected chi connectivity index (χ2v) is 27.0. The molecule has 1 N–H and O–H groups in total. The Labute approximate surface area is 281 Å². The van der Waals surface area contributed by atoms with Gasteiger partial charge in [0.15, 0.2) is 14.1 Å². The number of amides is 2. The minimum atomic E-state index is -2.41. The van der Waals surface area contributed by atoms with Crippen molar-refractivity contribution < 1.29 is 27.9 Å². The summed E-state index contributed by atoms with van der Waals surface area (Å²) in [6, 6.07) is 3.23. The normalized spacial score (nSPS) is 17.9. The summed E-state index contributed by atoms with van der Waals surface area (Å²) in [5.41, 5.74) is 1.95. The summed E-state index contributed by atoms with van der Waals surface area (Å²) in [7, 11) is -2.87. The number of ether oxygens (including phenoxy) is 2. The Balaban J connectivity index is 2.12. The predicted octanol–water partition coefficient (Wildman–Crippen LogP) is 9.67. The molecule has 0 spiro atoms. The van der Waals surface area contributed by atoms with Crippen LogP contribution < -0.4 is 19.2 Å². The topological polar surface area (TPSA) is 86.3 Å². The van der Waals surface area contributed by atoms with Crippen molar-refractivity contribution >= 4 is 28.6 Å². The maximum Gasteiger partial charge on any atom is 0.413 e. The van der Waals surface area contributed by atoms with E-state index in [4.69, 9.17) is 18.3 Å². The molecule has 1 heterocycles. The number of hydrogen-bond acceptors (Lipinski definition) is 6. The van der Waals surface area contributed by atoms with Crippen LogP contribution in [0.4, 0.5) is 4.79 Å². The zero-order valence-electron chi connectivity index (χ0n) is 31.3. The Morgan fingerprint density at radius 1 is 0.913 bits per heavy atom. The first-order valence-corrected chi connectivity index (χ1v) is 22.2. The van der Waals surface area contributed by atoms with Gasteiger partial charge in [0.25, 0.3) is 14.2 Å². The number of benzene rings is 1. The fraction of sp³-hybridized carbons (Fsp3) is 0.722. The molecule has 2 amide bonds. The van der Waals surface area contributed by atoms with E-state index in [9.17, 15) is 9.59 Å². The molecule has 1 fully saturated rings. The molecule has 0 unspecified atom stereocenters. The van der Waals surface area contributed by atoms with Crippen molar-refractivity contribution in [2.24, 2.45) is 5.92 Å². The van der Waals surface area contributed by atoms with Crippen LogP contribution in [0, 0.1) is 5.92 Å². The lowest BCUT2D eigenvalue weighted by Gasteiger charge is -2.42. The highest BCUT2D eigenvalue weighted by Crippen LogP contribution is 2.47. The van der Waals surface area contributed by atoms with E-state index in [0.717, 1.165) is 19.3 Å². The van der Waals surface area contributed by atoms with Gasteiger partial charge in [-0.25, -0.2) is 4.79 Å². The second kappa shape index (κ2) is 14.0. The molecule has 2 aliphatic rings. The van der Waals surface area contributed by atoms with Crippen molar-refractivity contribution in [2.45, 2.75) is 149 Å². The lowest BCUT2D eigenvalue weighted by atomic mass is 10.1. The first-order chi connectivity index (χ1) is 21.0. The molecule has 1 aromatic rings. The van der Waals surface area contributed by atoms with E-state index in [-0.39, 0.29) is 28.3 Å². The molecular formula is C36H62N2O6Si2. The molecule has 3 rings (SSSR count). The third-order valence-corrected chi connectivity index (χ3v) is 20.6. The summed E-state index contributed by atoms with van der Waals surface area (Å²) >= 11 is 0. The van der Waals surface area contributed by atoms with Crippen LogP contribution in [0.15, 0.2) is 23.9 Å². The van der Waals surface area contributed by atoms with Gasteiger partial charge < -0.3 is 28.5 Å². The van der Waals surface area contributed by atoms with Crippen LogP contribution in [0.2, 0.25) is 34.8 Å². The van der Waals surface area contributed by atoms with Gasteiger partial charge >= 0.3 is 6.09 Å². The van der Waals surface area contributed by atoms with Crippen LogP contribution >= 0.6 is 0 Å². The average molecular weight is 675 g/mol. The lowest BCUT2D eigenvalue weighted by Crippen LogP contribution is -2.50. The van der Waals surface area contributed by atoms with E-state index >= 15 is 0 Å². The molecule has 8 nitrogen and oxygen atoms in total. The molecule has 1 atom stereocenters. The molecule has 0 saturated heterocycles. The lowest BCUT2D eigenvalue weighted by molar-refractivity contribution is 0.0734. The van der Waals surface area contributed by atoms with Crippen LogP contribution in [0.5, 0.6) is 17.2 Å². The summed E-state index contributed by atoms with van der Waals surface area (Å²) in [5, 5.41) is 2.92. The number of rotatable bonds is 12. The Hall–Kier alpha value is -2.31. The van der Waals surface area contributed by atoms with Gasteiger partial charge in [-0.15, -0.1) is 0 Å². The number of carbonyl (C=O) groups excluding carboxylic acids is 2. The van der Waals surface area contributed by atoms with E-state index in [1.54, 1.807) is 24.1 Å². The molecule has 1 aliphatic heterocycles. The number of methoxy groups -OCH3 is 1. The van der Waals surface area contributed by atoms with Crippen molar-refractivity contribution in [3.63, 3.8) is 0 Å². The third kappa shape index (κ3) is 8.58. The zero-order valence-corrected chi connectivity index (χ0v) is 33.3. The Kier molecular flexibility index (Phi) is 11.6. The molecule has 1 aromatic carbocycles. The van der Waals surface area contributed by atoms with Crippen molar-refractivity contribution in [3.8, 4) is 17.2 Å². The van der Waals surface area contributed by atoms with Crippen LogP contribution in [0.1, 0.15) is 113 Å². The average Bonchev–Trinajstić information content (AvgIpc) is 3.67. The molecule has 10 heteroatoms. The SMILES string of the molecule is COc1cc(C(=O)N2C=C(C3CC3)C[C@H]2CO[Si](C)(C)C(C)(C)C)c(OC(=O)NC(C)(C)C)cc1O[Si](C(C)C)(C(C)C)C(C)C. The van der Waals surface area contributed by atoms with Gasteiger partial charge in [-0.1, -0.05) is 62.3 Å². The van der Waals surface area contributed by atoms with Crippen molar-refractivity contribution in [1.82, 2.24) is 10.2 Å². The monoisotopic (exact) mass is 674 g/mol. The van der Waals surface area contributed by atoms with Gasteiger partial charge in [-0.05, 0) is 86.3 Å². The number of carbonyl (C=O) groups is 2. The molecule has 1 aliphatic carbocycles. The van der Waals surface area contributed by atoms with E-state index in [0.29, 0.717) is 40.6 Å². The van der Waals surface area contributed by atoms with Crippen LogP contribution in [0.25, 0.3) is 0 Å². The van der Waals surface area contributed by atoms with Gasteiger partial charge in [-0.2, -0.15) is 0 Å². The molecule has 46 heavy (non-hydrogen) atoms. The van der Waals surface area contributed by atoms with E-state index in [1.807, 2.05) is 27.0 Å². The summed E-state index contributed by atoms with van der Waals surface area (Å²) in [6.45, 7) is 30.6. The summed E-state index contributed by atoms with van der Waals surface area (Å²) in [5.74, 6) is 1.37. The van der Waals surface area contributed by atoms with Gasteiger partial charge in [0.05, 0.1) is 25.3 Å². The fourth-order valence-electron chi connectivity index (χ4n) is 6.46. The first kappa shape index (κ1) is 38.1. The van der Waals surface area contributed by atoms with Crippen LogP contribution in [-0.2, 0) is 4.43 Å². The smallest absolute Gasteiger partial charge is 0.413 e. The maximum absolute atomic E-state index is 14.6.